The maximum Gasteiger partial charge on any atom is 0.243 e. The first kappa shape index (κ1) is 18.3. The Morgan fingerprint density at radius 2 is 1.79 bits per heavy atom. The fraction of sp³-hybridized carbons (Fsp3) is 0.364. The third-order valence-corrected chi connectivity index (χ3v) is 5.20. The van der Waals surface area contributed by atoms with Crippen LogP contribution in [0.25, 0.3) is 0 Å². The van der Waals surface area contributed by atoms with Gasteiger partial charge in [0.25, 0.3) is 0 Å². The van der Waals surface area contributed by atoms with Crippen LogP contribution in [0.15, 0.2) is 42.5 Å². The Morgan fingerprint density at radius 1 is 1.04 bits per heavy atom. The molecule has 1 saturated carbocycles. The van der Waals surface area contributed by atoms with E-state index in [1.807, 2.05) is 0 Å². The monoisotopic (exact) mass is 380 g/mol. The van der Waals surface area contributed by atoms with Crippen molar-refractivity contribution in [3.8, 4) is 11.5 Å². The predicted molar refractivity (Wildman–Crippen MR) is 105 cm³/mol. The van der Waals surface area contributed by atoms with Crippen molar-refractivity contribution in [2.24, 2.45) is 5.92 Å². The molecule has 0 bridgehead atoms. The SMILES string of the molecule is Cc1ccc(C(CC(=O)NCC(=O)Nc2ccc3c(c2)OCO3)C2CC2)cc1. The molecule has 1 aliphatic carbocycles. The highest BCUT2D eigenvalue weighted by molar-refractivity contribution is 5.94. The number of rotatable bonds is 7. The summed E-state index contributed by atoms with van der Waals surface area (Å²) in [6.45, 7) is 2.19. The lowest BCUT2D eigenvalue weighted by Gasteiger charge is -2.17. The third-order valence-electron chi connectivity index (χ3n) is 5.20. The molecule has 2 aliphatic rings. The van der Waals surface area contributed by atoms with Crippen molar-refractivity contribution >= 4 is 17.5 Å². The minimum Gasteiger partial charge on any atom is -0.454 e. The summed E-state index contributed by atoms with van der Waals surface area (Å²) >= 11 is 0. The highest BCUT2D eigenvalue weighted by Gasteiger charge is 2.33. The number of amides is 2. The van der Waals surface area contributed by atoms with Gasteiger partial charge in [-0.25, -0.2) is 0 Å². The molecule has 4 rings (SSSR count). The maximum atomic E-state index is 12.4. The largest absolute Gasteiger partial charge is 0.454 e. The molecule has 0 spiro atoms. The number of fused-ring (bicyclic) bond motifs is 1. The molecular formula is C22H24N2O4. The average molecular weight is 380 g/mol. The lowest BCUT2D eigenvalue weighted by Crippen LogP contribution is -2.33. The van der Waals surface area contributed by atoms with Crippen LogP contribution < -0.4 is 20.1 Å². The van der Waals surface area contributed by atoms with E-state index in [0.29, 0.717) is 29.5 Å². The first-order chi connectivity index (χ1) is 13.6. The molecule has 0 aromatic heterocycles. The normalized spacial score (nSPS) is 15.8. The van der Waals surface area contributed by atoms with Gasteiger partial charge in [-0.05, 0) is 49.3 Å². The summed E-state index contributed by atoms with van der Waals surface area (Å²) in [5.41, 5.74) is 3.02. The molecule has 1 aliphatic heterocycles. The Hall–Kier alpha value is -3.02. The van der Waals surface area contributed by atoms with Crippen LogP contribution in [0.3, 0.4) is 0 Å². The Balaban J connectivity index is 1.28. The van der Waals surface area contributed by atoms with Gasteiger partial charge in [-0.15, -0.1) is 0 Å². The van der Waals surface area contributed by atoms with Crippen LogP contribution in [0.4, 0.5) is 5.69 Å². The average Bonchev–Trinajstić information content (AvgIpc) is 3.42. The fourth-order valence-electron chi connectivity index (χ4n) is 3.50. The van der Waals surface area contributed by atoms with E-state index in [4.69, 9.17) is 9.47 Å². The van der Waals surface area contributed by atoms with E-state index in [9.17, 15) is 9.59 Å². The summed E-state index contributed by atoms with van der Waals surface area (Å²) in [4.78, 5) is 24.6. The van der Waals surface area contributed by atoms with E-state index in [1.165, 1.54) is 11.1 Å². The maximum absolute atomic E-state index is 12.4. The second kappa shape index (κ2) is 7.92. The quantitative estimate of drug-likeness (QED) is 0.772. The number of carbonyl (C=O) groups is 2. The van der Waals surface area contributed by atoms with Crippen molar-refractivity contribution in [1.82, 2.24) is 5.32 Å². The second-order valence-corrected chi connectivity index (χ2v) is 7.45. The molecule has 2 N–H and O–H groups in total. The Morgan fingerprint density at radius 3 is 2.54 bits per heavy atom. The highest BCUT2D eigenvalue weighted by atomic mass is 16.7. The van der Waals surface area contributed by atoms with Crippen LogP contribution >= 0.6 is 0 Å². The lowest BCUT2D eigenvalue weighted by molar-refractivity contribution is -0.124. The zero-order valence-electron chi connectivity index (χ0n) is 15.9. The van der Waals surface area contributed by atoms with Crippen LogP contribution in [-0.2, 0) is 9.59 Å². The summed E-state index contributed by atoms with van der Waals surface area (Å²) < 4.78 is 10.5. The molecule has 1 fully saturated rings. The molecule has 0 radical (unpaired) electrons. The van der Waals surface area contributed by atoms with Gasteiger partial charge in [0, 0.05) is 18.2 Å². The number of hydrogen-bond acceptors (Lipinski definition) is 4. The molecule has 2 aromatic rings. The van der Waals surface area contributed by atoms with Crippen LogP contribution in [0.5, 0.6) is 11.5 Å². The number of ether oxygens (including phenoxy) is 2. The van der Waals surface area contributed by atoms with Crippen molar-refractivity contribution in [3.63, 3.8) is 0 Å². The first-order valence-electron chi connectivity index (χ1n) is 9.61. The summed E-state index contributed by atoms with van der Waals surface area (Å²) in [7, 11) is 0. The van der Waals surface area contributed by atoms with Gasteiger partial charge in [0.15, 0.2) is 11.5 Å². The molecule has 1 atom stereocenters. The number of aryl methyl sites for hydroxylation is 1. The van der Waals surface area contributed by atoms with Crippen molar-refractivity contribution in [3.05, 3.63) is 53.6 Å². The minimum absolute atomic E-state index is 0.0570. The highest BCUT2D eigenvalue weighted by Crippen LogP contribution is 2.44. The first-order valence-corrected chi connectivity index (χ1v) is 9.61. The van der Waals surface area contributed by atoms with E-state index >= 15 is 0 Å². The van der Waals surface area contributed by atoms with Gasteiger partial charge >= 0.3 is 0 Å². The Labute approximate surface area is 164 Å². The molecule has 2 aromatic carbocycles. The number of carbonyl (C=O) groups excluding carboxylic acids is 2. The number of hydrogen-bond donors (Lipinski definition) is 2. The molecule has 2 amide bonds. The van der Waals surface area contributed by atoms with Gasteiger partial charge in [0.2, 0.25) is 18.6 Å². The molecule has 146 valence electrons. The van der Waals surface area contributed by atoms with E-state index in [-0.39, 0.29) is 31.1 Å². The molecule has 0 saturated heterocycles. The Bertz CT molecular complexity index is 875. The summed E-state index contributed by atoms with van der Waals surface area (Å²) in [6.07, 6.45) is 2.73. The molecule has 28 heavy (non-hydrogen) atoms. The number of nitrogens with one attached hydrogen (secondary N) is 2. The van der Waals surface area contributed by atoms with Crippen LogP contribution in [0, 0.1) is 12.8 Å². The summed E-state index contributed by atoms with van der Waals surface area (Å²) in [5.74, 6) is 1.68. The van der Waals surface area contributed by atoms with Crippen LogP contribution in [-0.4, -0.2) is 25.2 Å². The topological polar surface area (TPSA) is 76.7 Å². The zero-order valence-corrected chi connectivity index (χ0v) is 15.9. The van der Waals surface area contributed by atoms with Gasteiger partial charge in [-0.3, -0.25) is 9.59 Å². The molecule has 1 heterocycles. The second-order valence-electron chi connectivity index (χ2n) is 7.45. The third kappa shape index (κ3) is 4.44. The molecule has 6 nitrogen and oxygen atoms in total. The van der Waals surface area contributed by atoms with E-state index < -0.39 is 0 Å². The zero-order chi connectivity index (χ0) is 19.5. The molecule has 1 unspecified atom stereocenters. The summed E-state index contributed by atoms with van der Waals surface area (Å²) in [6, 6.07) is 13.6. The van der Waals surface area contributed by atoms with Gasteiger partial charge in [0.1, 0.15) is 0 Å². The summed E-state index contributed by atoms with van der Waals surface area (Å²) in [5, 5.41) is 5.51. The van der Waals surface area contributed by atoms with Crippen LogP contribution in [0.1, 0.15) is 36.3 Å². The van der Waals surface area contributed by atoms with Gasteiger partial charge in [0.05, 0.1) is 6.54 Å². The van der Waals surface area contributed by atoms with Crippen molar-refractivity contribution in [2.75, 3.05) is 18.7 Å². The minimum atomic E-state index is -0.273. The van der Waals surface area contributed by atoms with Crippen molar-refractivity contribution < 1.29 is 19.1 Å². The number of benzene rings is 2. The standard InChI is InChI=1S/C22H24N2O4/c1-14-2-4-15(5-3-14)18(16-6-7-16)11-21(25)23-12-22(26)24-17-8-9-19-20(10-17)28-13-27-19/h2-5,8-10,16,18H,6-7,11-13H2,1H3,(H,23,25)(H,24,26). The Kier molecular flexibility index (Phi) is 5.19. The van der Waals surface area contributed by atoms with E-state index in [1.54, 1.807) is 18.2 Å². The van der Waals surface area contributed by atoms with Gasteiger partial charge in [-0.1, -0.05) is 29.8 Å². The van der Waals surface area contributed by atoms with Gasteiger partial charge < -0.3 is 20.1 Å². The molecular weight excluding hydrogens is 356 g/mol. The van der Waals surface area contributed by atoms with Crippen molar-refractivity contribution in [1.29, 1.82) is 0 Å². The molecule has 6 heteroatoms. The number of anilines is 1. The van der Waals surface area contributed by atoms with Gasteiger partial charge in [-0.2, -0.15) is 0 Å². The predicted octanol–water partition coefficient (Wildman–Crippen LogP) is 3.36. The lowest BCUT2D eigenvalue weighted by atomic mass is 9.90. The van der Waals surface area contributed by atoms with E-state index in [0.717, 1.165) is 12.8 Å². The van der Waals surface area contributed by atoms with E-state index in [2.05, 4.69) is 41.8 Å². The smallest absolute Gasteiger partial charge is 0.243 e. The fourth-order valence-corrected chi connectivity index (χ4v) is 3.50. The van der Waals surface area contributed by atoms with Crippen LogP contribution in [0.2, 0.25) is 0 Å². The van der Waals surface area contributed by atoms with Crippen molar-refractivity contribution in [2.45, 2.75) is 32.1 Å².